The van der Waals surface area contributed by atoms with Gasteiger partial charge in [0.1, 0.15) is 0 Å². The molecule has 2 rings (SSSR count). The fraction of sp³-hybridized carbons (Fsp3) is 0.600. The van der Waals surface area contributed by atoms with E-state index in [1.807, 2.05) is 13.0 Å². The van der Waals surface area contributed by atoms with E-state index in [9.17, 15) is 14.0 Å². The second kappa shape index (κ2) is 11.0. The van der Waals surface area contributed by atoms with Gasteiger partial charge in [-0.15, -0.1) is 0 Å². The number of methoxy groups -OCH3 is 1. The SMILES string of the molecule is CCCNC(=O)CN(C)C(=O)CN1CCN(Cc2ccc(OC)c(F)c2)CC1. The molecule has 1 fully saturated rings. The fourth-order valence-electron chi connectivity index (χ4n) is 3.11. The highest BCUT2D eigenvalue weighted by Gasteiger charge is 2.21. The molecule has 0 saturated carbocycles. The Balaban J connectivity index is 1.73. The topological polar surface area (TPSA) is 65.1 Å². The summed E-state index contributed by atoms with van der Waals surface area (Å²) in [5.74, 6) is -0.290. The number of hydrogen-bond acceptors (Lipinski definition) is 5. The minimum absolute atomic E-state index is 0.0580. The highest BCUT2D eigenvalue weighted by atomic mass is 19.1. The van der Waals surface area contributed by atoms with Gasteiger partial charge in [-0.05, 0) is 24.1 Å². The number of amides is 2. The molecular formula is C20H31FN4O3. The van der Waals surface area contributed by atoms with Gasteiger partial charge in [-0.3, -0.25) is 19.4 Å². The largest absolute Gasteiger partial charge is 0.494 e. The molecule has 0 unspecified atom stereocenters. The molecule has 0 aliphatic carbocycles. The van der Waals surface area contributed by atoms with Crippen molar-refractivity contribution in [2.24, 2.45) is 0 Å². The van der Waals surface area contributed by atoms with Crippen molar-refractivity contribution in [1.29, 1.82) is 0 Å². The lowest BCUT2D eigenvalue weighted by molar-refractivity contribution is -0.136. The number of nitrogens with one attached hydrogen (secondary N) is 1. The Morgan fingerprint density at radius 3 is 2.50 bits per heavy atom. The lowest BCUT2D eigenvalue weighted by Gasteiger charge is -2.35. The van der Waals surface area contributed by atoms with E-state index in [0.29, 0.717) is 19.6 Å². The van der Waals surface area contributed by atoms with Crippen molar-refractivity contribution in [2.45, 2.75) is 19.9 Å². The van der Waals surface area contributed by atoms with Crippen LogP contribution < -0.4 is 10.1 Å². The van der Waals surface area contributed by atoms with Gasteiger partial charge < -0.3 is 15.0 Å². The lowest BCUT2D eigenvalue weighted by Crippen LogP contribution is -2.50. The molecule has 1 aliphatic rings. The maximum Gasteiger partial charge on any atom is 0.239 e. The minimum Gasteiger partial charge on any atom is -0.494 e. The third-order valence-electron chi connectivity index (χ3n) is 4.82. The van der Waals surface area contributed by atoms with E-state index < -0.39 is 0 Å². The van der Waals surface area contributed by atoms with Gasteiger partial charge in [-0.1, -0.05) is 13.0 Å². The zero-order valence-electron chi connectivity index (χ0n) is 17.0. The number of benzene rings is 1. The van der Waals surface area contributed by atoms with E-state index in [0.717, 1.165) is 38.2 Å². The number of rotatable bonds is 9. The predicted octanol–water partition coefficient (Wildman–Crippen LogP) is 0.937. The van der Waals surface area contributed by atoms with Gasteiger partial charge >= 0.3 is 0 Å². The second-order valence-electron chi connectivity index (χ2n) is 7.12. The summed E-state index contributed by atoms with van der Waals surface area (Å²) >= 11 is 0. The van der Waals surface area contributed by atoms with Crippen LogP contribution in [0.4, 0.5) is 4.39 Å². The van der Waals surface area contributed by atoms with E-state index in [-0.39, 0.29) is 29.9 Å². The summed E-state index contributed by atoms with van der Waals surface area (Å²) in [6.07, 6.45) is 0.872. The molecule has 1 aliphatic heterocycles. The van der Waals surface area contributed by atoms with Gasteiger partial charge in [0, 0.05) is 46.3 Å². The maximum absolute atomic E-state index is 13.8. The van der Waals surface area contributed by atoms with E-state index in [1.165, 1.54) is 18.1 Å². The van der Waals surface area contributed by atoms with E-state index in [4.69, 9.17) is 4.74 Å². The number of halogens is 1. The van der Waals surface area contributed by atoms with Crippen LogP contribution in [0.15, 0.2) is 18.2 Å². The first-order chi connectivity index (χ1) is 13.4. The van der Waals surface area contributed by atoms with E-state index >= 15 is 0 Å². The first-order valence-corrected chi connectivity index (χ1v) is 9.70. The van der Waals surface area contributed by atoms with Crippen molar-refractivity contribution in [3.63, 3.8) is 0 Å². The van der Waals surface area contributed by atoms with Crippen LogP contribution in [0, 0.1) is 5.82 Å². The Morgan fingerprint density at radius 2 is 1.89 bits per heavy atom. The number of carbonyl (C=O) groups is 2. The molecule has 28 heavy (non-hydrogen) atoms. The Labute approximate surface area is 166 Å². The number of ether oxygens (including phenoxy) is 1. The second-order valence-corrected chi connectivity index (χ2v) is 7.12. The first kappa shape index (κ1) is 22.1. The van der Waals surface area contributed by atoms with Gasteiger partial charge in [-0.2, -0.15) is 0 Å². The van der Waals surface area contributed by atoms with Crippen molar-refractivity contribution in [3.05, 3.63) is 29.6 Å². The Morgan fingerprint density at radius 1 is 1.21 bits per heavy atom. The minimum atomic E-state index is -0.352. The smallest absolute Gasteiger partial charge is 0.239 e. The molecule has 0 aromatic heterocycles. The van der Waals surface area contributed by atoms with Crippen LogP contribution in [0.2, 0.25) is 0 Å². The molecule has 7 nitrogen and oxygen atoms in total. The quantitative estimate of drug-likeness (QED) is 0.675. The molecule has 0 radical (unpaired) electrons. The molecule has 1 aromatic carbocycles. The van der Waals surface area contributed by atoms with Gasteiger partial charge in [0.05, 0.1) is 20.2 Å². The molecule has 1 N–H and O–H groups in total. The average Bonchev–Trinajstić information content (AvgIpc) is 2.68. The molecule has 1 heterocycles. The molecule has 0 spiro atoms. The lowest BCUT2D eigenvalue weighted by atomic mass is 10.2. The molecule has 0 bridgehead atoms. The molecule has 156 valence electrons. The summed E-state index contributed by atoms with van der Waals surface area (Å²) in [5.41, 5.74) is 0.903. The highest BCUT2D eigenvalue weighted by molar-refractivity contribution is 5.85. The average molecular weight is 394 g/mol. The van der Waals surface area contributed by atoms with Crippen LogP contribution in [-0.2, 0) is 16.1 Å². The standard InChI is InChI=1S/C20H31FN4O3/c1-4-7-22-19(26)14-23(2)20(27)15-25-10-8-24(9-11-25)13-16-5-6-18(28-3)17(21)12-16/h5-6,12H,4,7-11,13-15H2,1-3H3,(H,22,26). The van der Waals surface area contributed by atoms with Gasteiger partial charge in [0.25, 0.3) is 0 Å². The zero-order chi connectivity index (χ0) is 20.5. The van der Waals surface area contributed by atoms with Gasteiger partial charge in [0.2, 0.25) is 11.8 Å². The van der Waals surface area contributed by atoms with E-state index in [2.05, 4.69) is 15.1 Å². The van der Waals surface area contributed by atoms with Crippen molar-refractivity contribution in [2.75, 3.05) is 60.0 Å². The van der Waals surface area contributed by atoms with Crippen LogP contribution >= 0.6 is 0 Å². The predicted molar refractivity (Wildman–Crippen MR) is 106 cm³/mol. The summed E-state index contributed by atoms with van der Waals surface area (Å²) in [5, 5.41) is 2.77. The molecule has 1 aromatic rings. The number of hydrogen-bond donors (Lipinski definition) is 1. The van der Waals surface area contributed by atoms with Crippen LogP contribution in [0.25, 0.3) is 0 Å². The monoisotopic (exact) mass is 394 g/mol. The summed E-state index contributed by atoms with van der Waals surface area (Å²) in [7, 11) is 3.11. The van der Waals surface area contributed by atoms with Gasteiger partial charge in [-0.25, -0.2) is 4.39 Å². The van der Waals surface area contributed by atoms with E-state index in [1.54, 1.807) is 13.1 Å². The number of nitrogens with zero attached hydrogens (tertiary/aromatic N) is 3. The first-order valence-electron chi connectivity index (χ1n) is 9.70. The third kappa shape index (κ3) is 6.76. The molecule has 8 heteroatoms. The summed E-state index contributed by atoms with van der Waals surface area (Å²) in [4.78, 5) is 29.9. The number of piperazine rings is 1. The maximum atomic E-state index is 13.8. The highest BCUT2D eigenvalue weighted by Crippen LogP contribution is 2.19. The Bertz CT molecular complexity index is 663. The molecular weight excluding hydrogens is 363 g/mol. The van der Waals surface area contributed by atoms with Crippen LogP contribution in [0.5, 0.6) is 5.75 Å². The van der Waals surface area contributed by atoms with Crippen LogP contribution in [0.3, 0.4) is 0 Å². The van der Waals surface area contributed by atoms with Crippen molar-refractivity contribution in [3.8, 4) is 5.75 Å². The fourth-order valence-corrected chi connectivity index (χ4v) is 3.11. The summed E-state index contributed by atoms with van der Waals surface area (Å²) in [6.45, 7) is 6.81. The summed E-state index contributed by atoms with van der Waals surface area (Å²) < 4.78 is 18.8. The normalized spacial score (nSPS) is 15.3. The van der Waals surface area contributed by atoms with Crippen molar-refractivity contribution < 1.29 is 18.7 Å². The number of likely N-dealkylation sites (N-methyl/N-ethyl adjacent to an activating group) is 1. The van der Waals surface area contributed by atoms with Crippen molar-refractivity contribution >= 4 is 11.8 Å². The molecule has 2 amide bonds. The van der Waals surface area contributed by atoms with Crippen molar-refractivity contribution in [1.82, 2.24) is 20.0 Å². The molecule has 0 atom stereocenters. The van der Waals surface area contributed by atoms with Crippen LogP contribution in [0.1, 0.15) is 18.9 Å². The Kier molecular flexibility index (Phi) is 8.66. The van der Waals surface area contributed by atoms with Crippen LogP contribution in [-0.4, -0.2) is 86.5 Å². The van der Waals surface area contributed by atoms with Gasteiger partial charge in [0.15, 0.2) is 11.6 Å². The molecule has 1 saturated heterocycles. The summed E-state index contributed by atoms with van der Waals surface area (Å²) in [6, 6.07) is 5.02. The third-order valence-corrected chi connectivity index (χ3v) is 4.82. The number of carbonyl (C=O) groups excluding carboxylic acids is 2. The zero-order valence-corrected chi connectivity index (χ0v) is 17.0. The Hall–Kier alpha value is -2.19.